The van der Waals surface area contributed by atoms with Gasteiger partial charge in [0, 0.05) is 48.6 Å². The van der Waals surface area contributed by atoms with Crippen LogP contribution in [0.15, 0.2) is 76.4 Å². The van der Waals surface area contributed by atoms with Gasteiger partial charge in [-0.2, -0.15) is 4.31 Å². The third kappa shape index (κ3) is 4.09. The van der Waals surface area contributed by atoms with Crippen molar-refractivity contribution in [3.63, 3.8) is 0 Å². The van der Waals surface area contributed by atoms with Gasteiger partial charge in [0.15, 0.2) is 0 Å². The molecular weight excluding hydrogens is 445 g/mol. The van der Waals surface area contributed by atoms with Crippen LogP contribution in [0.1, 0.15) is 28.4 Å². The topological polar surface area (TPSA) is 88.5 Å². The van der Waals surface area contributed by atoms with Gasteiger partial charge in [-0.15, -0.1) is 0 Å². The Labute approximate surface area is 190 Å². The maximum absolute atomic E-state index is 13.3. The molecule has 3 aromatic rings. The number of anilines is 1. The Morgan fingerprint density at radius 2 is 1.67 bits per heavy atom. The Bertz CT molecular complexity index is 1370. The van der Waals surface area contributed by atoms with Crippen LogP contribution in [0.5, 0.6) is 0 Å². The lowest BCUT2D eigenvalue weighted by atomic mass is 9.84. The number of pyridine rings is 1. The summed E-state index contributed by atoms with van der Waals surface area (Å²) in [6.07, 6.45) is 0.865. The highest BCUT2D eigenvalue weighted by Crippen LogP contribution is 2.37. The highest BCUT2D eigenvalue weighted by molar-refractivity contribution is 7.89. The van der Waals surface area contributed by atoms with Crippen LogP contribution in [-0.4, -0.2) is 36.3 Å². The molecule has 0 radical (unpaired) electrons. The number of carbonyl (C=O) groups excluding carboxylic acids is 1. The molecule has 7 nitrogen and oxygen atoms in total. The van der Waals surface area contributed by atoms with Crippen molar-refractivity contribution in [2.75, 3.05) is 18.4 Å². The predicted octanol–water partition coefficient (Wildman–Crippen LogP) is 3.05. The molecular formula is C24H22FN3O4S. The summed E-state index contributed by atoms with van der Waals surface area (Å²) < 4.78 is 42.9. The molecule has 2 bridgehead atoms. The molecule has 170 valence electrons. The SMILES string of the molecule is O=C(Nc1ccc(S(=O)(=O)N2CC3CC(C2)c2cccc(=O)n2C3)cc1)c1ccc(F)cc1. The van der Waals surface area contributed by atoms with Crippen LogP contribution in [0.4, 0.5) is 10.1 Å². The zero-order valence-electron chi connectivity index (χ0n) is 17.6. The summed E-state index contributed by atoms with van der Waals surface area (Å²) in [4.78, 5) is 24.6. The Morgan fingerprint density at radius 3 is 2.39 bits per heavy atom. The van der Waals surface area contributed by atoms with Crippen LogP contribution in [0.25, 0.3) is 0 Å². The summed E-state index contributed by atoms with van der Waals surface area (Å²) in [6.45, 7) is 1.21. The first kappa shape index (κ1) is 21.5. The second-order valence-corrected chi connectivity index (χ2v) is 10.4. The molecule has 2 atom stereocenters. The van der Waals surface area contributed by atoms with E-state index in [2.05, 4.69) is 5.32 Å². The summed E-state index contributed by atoms with van der Waals surface area (Å²) in [6, 6.07) is 16.3. The summed E-state index contributed by atoms with van der Waals surface area (Å²) in [5.41, 5.74) is 1.58. The predicted molar refractivity (Wildman–Crippen MR) is 121 cm³/mol. The molecule has 1 amide bonds. The number of hydrogen-bond donors (Lipinski definition) is 1. The number of nitrogens with zero attached hydrogens (tertiary/aromatic N) is 2. The smallest absolute Gasteiger partial charge is 0.255 e. The Hall–Kier alpha value is -3.30. The molecule has 2 aliphatic rings. The van der Waals surface area contributed by atoms with Gasteiger partial charge in [0.05, 0.1) is 4.90 Å². The van der Waals surface area contributed by atoms with Gasteiger partial charge in [0.2, 0.25) is 10.0 Å². The Morgan fingerprint density at radius 1 is 0.939 bits per heavy atom. The van der Waals surface area contributed by atoms with Crippen LogP contribution in [0.3, 0.4) is 0 Å². The Balaban J connectivity index is 1.33. The molecule has 2 aromatic carbocycles. The molecule has 0 saturated carbocycles. The number of sulfonamides is 1. The number of carbonyl (C=O) groups is 1. The van der Waals surface area contributed by atoms with E-state index in [0.717, 1.165) is 12.1 Å². The van der Waals surface area contributed by atoms with Crippen molar-refractivity contribution in [1.82, 2.24) is 8.87 Å². The lowest BCUT2D eigenvalue weighted by Gasteiger charge is -2.42. The molecule has 2 unspecified atom stereocenters. The number of fused-ring (bicyclic) bond motifs is 4. The first-order valence-electron chi connectivity index (χ1n) is 10.7. The number of piperidine rings is 1. The summed E-state index contributed by atoms with van der Waals surface area (Å²) in [5.74, 6) is -0.780. The van der Waals surface area contributed by atoms with Crippen molar-refractivity contribution < 1.29 is 17.6 Å². The fourth-order valence-corrected chi connectivity index (χ4v) is 6.27. The highest BCUT2D eigenvalue weighted by Gasteiger charge is 2.39. The first-order valence-corrected chi connectivity index (χ1v) is 12.1. The fraction of sp³-hybridized carbons (Fsp3) is 0.250. The van der Waals surface area contributed by atoms with Gasteiger partial charge in [-0.3, -0.25) is 9.59 Å². The number of halogens is 1. The molecule has 1 aromatic heterocycles. The zero-order valence-corrected chi connectivity index (χ0v) is 18.5. The minimum absolute atomic E-state index is 0.0181. The molecule has 3 heterocycles. The average Bonchev–Trinajstić information content (AvgIpc) is 2.80. The second-order valence-electron chi connectivity index (χ2n) is 8.51. The van der Waals surface area contributed by atoms with E-state index in [0.29, 0.717) is 30.9 Å². The maximum atomic E-state index is 13.3. The highest BCUT2D eigenvalue weighted by atomic mass is 32.2. The molecule has 1 fully saturated rings. The van der Waals surface area contributed by atoms with Crippen molar-refractivity contribution in [1.29, 1.82) is 0 Å². The quantitative estimate of drug-likeness (QED) is 0.639. The van der Waals surface area contributed by atoms with Crippen molar-refractivity contribution in [3.8, 4) is 0 Å². The van der Waals surface area contributed by atoms with Crippen molar-refractivity contribution in [2.45, 2.75) is 23.8 Å². The van der Waals surface area contributed by atoms with E-state index < -0.39 is 21.7 Å². The van der Waals surface area contributed by atoms with Crippen LogP contribution in [0, 0.1) is 11.7 Å². The van der Waals surface area contributed by atoms with Gasteiger partial charge in [-0.05, 0) is 66.9 Å². The minimum atomic E-state index is -3.73. The lowest BCUT2D eigenvalue weighted by Crippen LogP contribution is -2.48. The maximum Gasteiger partial charge on any atom is 0.255 e. The van der Waals surface area contributed by atoms with Gasteiger partial charge in [0.25, 0.3) is 11.5 Å². The zero-order chi connectivity index (χ0) is 23.2. The van der Waals surface area contributed by atoms with Crippen molar-refractivity contribution in [3.05, 3.63) is 94.2 Å². The lowest BCUT2D eigenvalue weighted by molar-refractivity contribution is 0.102. The van der Waals surface area contributed by atoms with Crippen molar-refractivity contribution in [2.24, 2.45) is 5.92 Å². The number of hydrogen-bond acceptors (Lipinski definition) is 4. The number of rotatable bonds is 4. The standard InChI is InChI=1S/C24H22FN3O4S/c25-19-6-4-17(5-7-19)24(30)26-20-8-10-21(11-9-20)33(31,32)27-13-16-12-18(15-27)22-2-1-3-23(29)28(22)14-16/h1-11,16,18H,12-15H2,(H,26,30). The summed E-state index contributed by atoms with van der Waals surface area (Å²) in [7, 11) is -3.73. The number of benzene rings is 2. The molecule has 9 heteroatoms. The van der Waals surface area contributed by atoms with Crippen LogP contribution in [-0.2, 0) is 16.6 Å². The second kappa shape index (κ2) is 8.24. The monoisotopic (exact) mass is 467 g/mol. The van der Waals surface area contributed by atoms with Gasteiger partial charge in [-0.1, -0.05) is 6.07 Å². The van der Waals surface area contributed by atoms with Crippen LogP contribution >= 0.6 is 0 Å². The molecule has 1 saturated heterocycles. The van der Waals surface area contributed by atoms with E-state index in [-0.39, 0.29) is 22.3 Å². The molecule has 5 rings (SSSR count). The van der Waals surface area contributed by atoms with E-state index in [1.807, 2.05) is 6.07 Å². The summed E-state index contributed by atoms with van der Waals surface area (Å²) >= 11 is 0. The van der Waals surface area contributed by atoms with E-state index >= 15 is 0 Å². The third-order valence-electron chi connectivity index (χ3n) is 6.30. The molecule has 0 spiro atoms. The third-order valence-corrected chi connectivity index (χ3v) is 8.15. The van der Waals surface area contributed by atoms with Gasteiger partial charge < -0.3 is 9.88 Å². The largest absolute Gasteiger partial charge is 0.322 e. The van der Waals surface area contributed by atoms with Gasteiger partial charge in [-0.25, -0.2) is 12.8 Å². The number of nitrogens with one attached hydrogen (secondary N) is 1. The van der Waals surface area contributed by atoms with E-state index in [9.17, 15) is 22.4 Å². The van der Waals surface area contributed by atoms with E-state index in [1.165, 1.54) is 58.9 Å². The normalized spacial score (nSPS) is 20.2. The summed E-state index contributed by atoms with van der Waals surface area (Å²) in [5, 5.41) is 2.68. The molecule has 1 N–H and O–H groups in total. The molecule has 2 aliphatic heterocycles. The van der Waals surface area contributed by atoms with Crippen LogP contribution < -0.4 is 10.9 Å². The van der Waals surface area contributed by atoms with Gasteiger partial charge >= 0.3 is 0 Å². The van der Waals surface area contributed by atoms with Crippen molar-refractivity contribution >= 4 is 21.6 Å². The van der Waals surface area contributed by atoms with E-state index in [1.54, 1.807) is 10.6 Å². The average molecular weight is 468 g/mol. The Kier molecular flexibility index (Phi) is 5.38. The van der Waals surface area contributed by atoms with Gasteiger partial charge in [0.1, 0.15) is 5.82 Å². The first-order chi connectivity index (χ1) is 15.8. The molecule has 0 aliphatic carbocycles. The fourth-order valence-electron chi connectivity index (χ4n) is 4.71. The number of aromatic nitrogens is 1. The van der Waals surface area contributed by atoms with Crippen LogP contribution in [0.2, 0.25) is 0 Å². The number of amides is 1. The molecule has 33 heavy (non-hydrogen) atoms. The minimum Gasteiger partial charge on any atom is -0.322 e. The van der Waals surface area contributed by atoms with E-state index in [4.69, 9.17) is 0 Å².